The van der Waals surface area contributed by atoms with Crippen molar-refractivity contribution in [2.24, 2.45) is 5.10 Å². The monoisotopic (exact) mass is 294 g/mol. The second kappa shape index (κ2) is 8.03. The maximum Gasteiger partial charge on any atom is 0.123 e. The predicted octanol–water partition coefficient (Wildman–Crippen LogP) is 4.65. The molecule has 0 saturated carbocycles. The minimum atomic E-state index is 0.155. The Morgan fingerprint density at radius 1 is 1.18 bits per heavy atom. The zero-order chi connectivity index (χ0) is 15.8. The van der Waals surface area contributed by atoms with Gasteiger partial charge in [-0.05, 0) is 61.7 Å². The summed E-state index contributed by atoms with van der Waals surface area (Å²) in [6.07, 6.45) is 4.61. The van der Waals surface area contributed by atoms with Gasteiger partial charge >= 0.3 is 0 Å². The number of hydrogen-bond acceptors (Lipinski definition) is 3. The van der Waals surface area contributed by atoms with Crippen LogP contribution in [0.2, 0.25) is 0 Å². The normalized spacial score (nSPS) is 10.9. The number of hydrazone groups is 1. The van der Waals surface area contributed by atoms with E-state index in [1.165, 1.54) is 0 Å². The summed E-state index contributed by atoms with van der Waals surface area (Å²) in [5.41, 5.74) is 6.11. The summed E-state index contributed by atoms with van der Waals surface area (Å²) in [5.74, 6) is 0.906. The molecular formula is C19H22N2O. The highest BCUT2D eigenvalue weighted by molar-refractivity contribution is 5.81. The van der Waals surface area contributed by atoms with E-state index in [1.54, 1.807) is 6.21 Å². The molecule has 0 aromatic heterocycles. The first-order valence-electron chi connectivity index (χ1n) is 7.43. The fourth-order valence-electron chi connectivity index (χ4n) is 2.06. The summed E-state index contributed by atoms with van der Waals surface area (Å²) in [6.45, 7) is 7.86. The van der Waals surface area contributed by atoms with Crippen molar-refractivity contribution in [2.75, 3.05) is 5.43 Å². The lowest BCUT2D eigenvalue weighted by atomic mass is 10.1. The SMILES string of the molecule is C=CCc1cc(C=NNc2ccccc2)ccc1OC(C)C. The molecule has 0 heterocycles. The molecule has 0 fully saturated rings. The lowest BCUT2D eigenvalue weighted by Gasteiger charge is -2.14. The Morgan fingerprint density at radius 3 is 2.64 bits per heavy atom. The van der Waals surface area contributed by atoms with Crippen molar-refractivity contribution in [3.8, 4) is 5.75 Å². The Morgan fingerprint density at radius 2 is 1.95 bits per heavy atom. The molecule has 2 aromatic carbocycles. The predicted molar refractivity (Wildman–Crippen MR) is 93.8 cm³/mol. The second-order valence-electron chi connectivity index (χ2n) is 5.26. The lowest BCUT2D eigenvalue weighted by molar-refractivity contribution is 0.240. The lowest BCUT2D eigenvalue weighted by Crippen LogP contribution is -2.07. The maximum absolute atomic E-state index is 5.82. The molecule has 114 valence electrons. The molecule has 0 atom stereocenters. The Balaban J connectivity index is 2.10. The van der Waals surface area contributed by atoms with Crippen molar-refractivity contribution < 1.29 is 4.74 Å². The van der Waals surface area contributed by atoms with E-state index in [-0.39, 0.29) is 6.10 Å². The molecule has 0 aliphatic rings. The van der Waals surface area contributed by atoms with Crippen LogP contribution in [-0.2, 0) is 6.42 Å². The summed E-state index contributed by atoms with van der Waals surface area (Å²) >= 11 is 0. The number of nitrogens with zero attached hydrogens (tertiary/aromatic N) is 1. The molecule has 0 bridgehead atoms. The molecule has 0 amide bonds. The average molecular weight is 294 g/mol. The van der Waals surface area contributed by atoms with Crippen LogP contribution < -0.4 is 10.2 Å². The third kappa shape index (κ3) is 4.77. The molecule has 0 aliphatic carbocycles. The quantitative estimate of drug-likeness (QED) is 0.458. The third-order valence-electron chi connectivity index (χ3n) is 2.99. The van der Waals surface area contributed by atoms with Gasteiger partial charge in [0.2, 0.25) is 0 Å². The molecule has 0 radical (unpaired) electrons. The largest absolute Gasteiger partial charge is 0.491 e. The van der Waals surface area contributed by atoms with Crippen LogP contribution in [0.4, 0.5) is 5.69 Å². The molecule has 0 aliphatic heterocycles. The summed E-state index contributed by atoms with van der Waals surface area (Å²) in [7, 11) is 0. The molecule has 0 spiro atoms. The standard InChI is InChI=1S/C19H22N2O/c1-4-8-17-13-16(11-12-19(17)22-15(2)3)14-20-21-18-9-6-5-7-10-18/h4-7,9-15,21H,1,8H2,2-3H3. The Labute approximate surface area is 132 Å². The van der Waals surface area contributed by atoms with Crippen molar-refractivity contribution in [1.29, 1.82) is 0 Å². The van der Waals surface area contributed by atoms with Crippen molar-refractivity contribution in [1.82, 2.24) is 0 Å². The number of nitrogens with one attached hydrogen (secondary N) is 1. The Kier molecular flexibility index (Phi) is 5.78. The number of ether oxygens (including phenoxy) is 1. The molecule has 0 unspecified atom stereocenters. The van der Waals surface area contributed by atoms with Gasteiger partial charge in [0.05, 0.1) is 18.0 Å². The molecule has 22 heavy (non-hydrogen) atoms. The van der Waals surface area contributed by atoms with Gasteiger partial charge in [0.25, 0.3) is 0 Å². The van der Waals surface area contributed by atoms with Gasteiger partial charge in [0, 0.05) is 0 Å². The van der Waals surface area contributed by atoms with Crippen molar-refractivity contribution >= 4 is 11.9 Å². The first kappa shape index (κ1) is 15.8. The van der Waals surface area contributed by atoms with E-state index in [2.05, 4.69) is 23.2 Å². The van der Waals surface area contributed by atoms with Gasteiger partial charge in [-0.2, -0.15) is 5.10 Å². The maximum atomic E-state index is 5.82. The van der Waals surface area contributed by atoms with Crippen molar-refractivity contribution in [3.05, 3.63) is 72.3 Å². The highest BCUT2D eigenvalue weighted by Crippen LogP contribution is 2.22. The third-order valence-corrected chi connectivity index (χ3v) is 2.99. The molecule has 3 nitrogen and oxygen atoms in total. The van der Waals surface area contributed by atoms with Gasteiger partial charge in [-0.25, -0.2) is 0 Å². The summed E-state index contributed by atoms with van der Waals surface area (Å²) < 4.78 is 5.82. The topological polar surface area (TPSA) is 33.6 Å². The number of hydrogen-bond donors (Lipinski definition) is 1. The van der Waals surface area contributed by atoms with Crippen LogP contribution in [0.1, 0.15) is 25.0 Å². The van der Waals surface area contributed by atoms with Gasteiger partial charge in [-0.1, -0.05) is 24.3 Å². The first-order chi connectivity index (χ1) is 10.7. The molecule has 3 heteroatoms. The van der Waals surface area contributed by atoms with E-state index in [0.29, 0.717) is 0 Å². The van der Waals surface area contributed by atoms with E-state index in [9.17, 15) is 0 Å². The van der Waals surface area contributed by atoms with E-state index >= 15 is 0 Å². The summed E-state index contributed by atoms with van der Waals surface area (Å²) in [6, 6.07) is 15.9. The Bertz CT molecular complexity index is 633. The molecule has 2 aromatic rings. The minimum Gasteiger partial charge on any atom is -0.491 e. The second-order valence-corrected chi connectivity index (χ2v) is 5.26. The van der Waals surface area contributed by atoms with Crippen LogP contribution in [-0.4, -0.2) is 12.3 Å². The van der Waals surface area contributed by atoms with Gasteiger partial charge in [-0.15, -0.1) is 6.58 Å². The first-order valence-corrected chi connectivity index (χ1v) is 7.43. The fraction of sp³-hybridized carbons (Fsp3) is 0.211. The van der Waals surface area contributed by atoms with Gasteiger partial charge in [-0.3, -0.25) is 5.43 Å². The zero-order valence-corrected chi connectivity index (χ0v) is 13.1. The highest BCUT2D eigenvalue weighted by atomic mass is 16.5. The summed E-state index contributed by atoms with van der Waals surface area (Å²) in [5, 5.41) is 4.26. The molecule has 1 N–H and O–H groups in total. The van der Waals surface area contributed by atoms with E-state index < -0.39 is 0 Å². The van der Waals surface area contributed by atoms with Gasteiger partial charge in [0.15, 0.2) is 0 Å². The van der Waals surface area contributed by atoms with Crippen LogP contribution in [0, 0.1) is 0 Å². The highest BCUT2D eigenvalue weighted by Gasteiger charge is 2.05. The fourth-order valence-corrected chi connectivity index (χ4v) is 2.06. The Hall–Kier alpha value is -2.55. The minimum absolute atomic E-state index is 0.155. The van der Waals surface area contributed by atoms with E-state index in [0.717, 1.165) is 29.0 Å². The number of anilines is 1. The van der Waals surface area contributed by atoms with E-state index in [4.69, 9.17) is 4.74 Å². The van der Waals surface area contributed by atoms with Crippen LogP contribution in [0.25, 0.3) is 0 Å². The van der Waals surface area contributed by atoms with Crippen LogP contribution >= 0.6 is 0 Å². The zero-order valence-electron chi connectivity index (χ0n) is 13.1. The molecule has 0 saturated heterocycles. The number of para-hydroxylation sites is 1. The van der Waals surface area contributed by atoms with Gasteiger partial charge < -0.3 is 4.74 Å². The van der Waals surface area contributed by atoms with Crippen LogP contribution in [0.5, 0.6) is 5.75 Å². The number of allylic oxidation sites excluding steroid dienone is 1. The summed E-state index contributed by atoms with van der Waals surface area (Å²) in [4.78, 5) is 0. The van der Waals surface area contributed by atoms with Crippen molar-refractivity contribution in [2.45, 2.75) is 26.4 Å². The molecule has 2 rings (SSSR count). The van der Waals surface area contributed by atoms with Gasteiger partial charge in [0.1, 0.15) is 5.75 Å². The van der Waals surface area contributed by atoms with Crippen molar-refractivity contribution in [3.63, 3.8) is 0 Å². The smallest absolute Gasteiger partial charge is 0.123 e. The number of rotatable bonds is 7. The number of benzene rings is 2. The van der Waals surface area contributed by atoms with Crippen LogP contribution in [0.3, 0.4) is 0 Å². The van der Waals surface area contributed by atoms with Crippen LogP contribution in [0.15, 0.2) is 66.3 Å². The molecular weight excluding hydrogens is 272 g/mol. The van der Waals surface area contributed by atoms with E-state index in [1.807, 2.05) is 62.4 Å². The average Bonchev–Trinajstić information content (AvgIpc) is 2.51.